The number of ether oxygens (including phenoxy) is 1. The summed E-state index contributed by atoms with van der Waals surface area (Å²) in [5, 5.41) is 10.9. The summed E-state index contributed by atoms with van der Waals surface area (Å²) in [5.74, 6) is 0.147. The van der Waals surface area contributed by atoms with E-state index < -0.39 is 5.60 Å². The first kappa shape index (κ1) is 18.6. The van der Waals surface area contributed by atoms with Gasteiger partial charge in [0.2, 0.25) is 5.91 Å². The van der Waals surface area contributed by atoms with Gasteiger partial charge in [-0.05, 0) is 30.2 Å². The van der Waals surface area contributed by atoms with E-state index in [1.807, 2.05) is 9.80 Å². The molecule has 2 saturated heterocycles. The van der Waals surface area contributed by atoms with Crippen LogP contribution in [-0.4, -0.2) is 73.3 Å². The van der Waals surface area contributed by atoms with Crippen LogP contribution >= 0.6 is 0 Å². The topological polar surface area (TPSA) is 93.5 Å². The molecule has 0 radical (unpaired) electrons. The smallest absolute Gasteiger partial charge is 0.410 e. The van der Waals surface area contributed by atoms with Crippen molar-refractivity contribution in [1.29, 1.82) is 0 Å². The van der Waals surface area contributed by atoms with E-state index in [1.54, 1.807) is 11.0 Å². The second-order valence-electron chi connectivity index (χ2n) is 7.37. The van der Waals surface area contributed by atoms with Crippen LogP contribution in [0.15, 0.2) is 6.33 Å². The maximum atomic E-state index is 12.4. The number of tetrazole rings is 1. The van der Waals surface area contributed by atoms with E-state index in [9.17, 15) is 9.59 Å². The van der Waals surface area contributed by atoms with Crippen LogP contribution in [0.25, 0.3) is 0 Å². The highest BCUT2D eigenvalue weighted by molar-refractivity contribution is 5.76. The molecule has 1 spiro atoms. The Balaban J connectivity index is 1.45. The first-order valence-corrected chi connectivity index (χ1v) is 9.51. The van der Waals surface area contributed by atoms with E-state index in [4.69, 9.17) is 4.74 Å². The Morgan fingerprint density at radius 3 is 2.81 bits per heavy atom. The maximum Gasteiger partial charge on any atom is 0.410 e. The van der Waals surface area contributed by atoms with Crippen LogP contribution in [0, 0.1) is 0 Å². The van der Waals surface area contributed by atoms with Gasteiger partial charge in [-0.2, -0.15) is 0 Å². The zero-order valence-corrected chi connectivity index (χ0v) is 15.6. The van der Waals surface area contributed by atoms with Crippen LogP contribution in [0.4, 0.5) is 4.79 Å². The standard InChI is InChI=1S/C17H28N6O3/c1-3-5-14(2)23-12-17(26-16(23)25)7-10-21(11-8-17)15(24)6-4-9-22-13-18-19-20-22/h13-14H,3-12H2,1-2H3. The van der Waals surface area contributed by atoms with E-state index in [0.29, 0.717) is 51.9 Å². The fourth-order valence-electron chi connectivity index (χ4n) is 3.82. The van der Waals surface area contributed by atoms with Crippen LogP contribution in [0.2, 0.25) is 0 Å². The maximum absolute atomic E-state index is 12.4. The lowest BCUT2D eigenvalue weighted by atomic mass is 9.90. The van der Waals surface area contributed by atoms with Crippen LogP contribution in [-0.2, 0) is 16.1 Å². The molecule has 2 aliphatic heterocycles. The zero-order chi connectivity index (χ0) is 18.6. The highest BCUT2D eigenvalue weighted by Gasteiger charge is 2.48. The van der Waals surface area contributed by atoms with Crippen molar-refractivity contribution >= 4 is 12.0 Å². The molecular weight excluding hydrogens is 336 g/mol. The monoisotopic (exact) mass is 364 g/mol. The fourth-order valence-corrected chi connectivity index (χ4v) is 3.82. The molecule has 1 aromatic rings. The molecule has 2 amide bonds. The zero-order valence-electron chi connectivity index (χ0n) is 15.6. The average molecular weight is 364 g/mol. The predicted molar refractivity (Wildman–Crippen MR) is 93.2 cm³/mol. The molecule has 0 aliphatic carbocycles. The third-order valence-corrected chi connectivity index (χ3v) is 5.43. The molecule has 1 atom stereocenters. The van der Waals surface area contributed by atoms with Crippen LogP contribution < -0.4 is 0 Å². The number of amides is 2. The van der Waals surface area contributed by atoms with Gasteiger partial charge >= 0.3 is 6.09 Å². The Hall–Kier alpha value is -2.19. The van der Waals surface area contributed by atoms with Gasteiger partial charge in [0.15, 0.2) is 0 Å². The molecule has 0 bridgehead atoms. The summed E-state index contributed by atoms with van der Waals surface area (Å²) in [7, 11) is 0. The largest absolute Gasteiger partial charge is 0.441 e. The minimum Gasteiger partial charge on any atom is -0.441 e. The normalized spacial score (nSPS) is 20.5. The van der Waals surface area contributed by atoms with Crippen molar-refractivity contribution < 1.29 is 14.3 Å². The lowest BCUT2D eigenvalue weighted by Gasteiger charge is -2.37. The number of nitrogens with zero attached hydrogens (tertiary/aromatic N) is 6. The van der Waals surface area contributed by atoms with Gasteiger partial charge in [0.25, 0.3) is 0 Å². The number of rotatable bonds is 7. The first-order valence-electron chi connectivity index (χ1n) is 9.51. The Morgan fingerprint density at radius 2 is 2.15 bits per heavy atom. The minimum atomic E-state index is -0.414. The highest BCUT2D eigenvalue weighted by Crippen LogP contribution is 2.34. The van der Waals surface area contributed by atoms with Crippen molar-refractivity contribution in [2.24, 2.45) is 0 Å². The van der Waals surface area contributed by atoms with Gasteiger partial charge in [0, 0.05) is 44.9 Å². The fraction of sp³-hybridized carbons (Fsp3) is 0.824. The Labute approximate surface area is 153 Å². The number of likely N-dealkylation sites (tertiary alicyclic amines) is 1. The minimum absolute atomic E-state index is 0.147. The van der Waals surface area contributed by atoms with Gasteiger partial charge in [-0.25, -0.2) is 9.48 Å². The highest BCUT2D eigenvalue weighted by atomic mass is 16.6. The van der Waals surface area contributed by atoms with Crippen molar-refractivity contribution in [3.63, 3.8) is 0 Å². The number of carbonyl (C=O) groups excluding carboxylic acids is 2. The summed E-state index contributed by atoms with van der Waals surface area (Å²) in [6.45, 7) is 6.77. The SMILES string of the molecule is CCCC(C)N1CC2(CCN(C(=O)CCCn3cnnn3)CC2)OC1=O. The van der Waals surface area contributed by atoms with E-state index in [-0.39, 0.29) is 18.0 Å². The number of aromatic nitrogens is 4. The van der Waals surface area contributed by atoms with Gasteiger partial charge in [-0.1, -0.05) is 13.3 Å². The molecule has 0 aromatic carbocycles. The molecule has 1 unspecified atom stereocenters. The van der Waals surface area contributed by atoms with Gasteiger partial charge in [0.1, 0.15) is 11.9 Å². The lowest BCUT2D eigenvalue weighted by molar-refractivity contribution is -0.134. The number of hydrogen-bond donors (Lipinski definition) is 0. The Morgan fingerprint density at radius 1 is 1.38 bits per heavy atom. The number of carbonyl (C=O) groups is 2. The molecule has 0 saturated carbocycles. The molecule has 2 aliphatic rings. The second kappa shape index (κ2) is 8.01. The van der Waals surface area contributed by atoms with Crippen LogP contribution in [0.5, 0.6) is 0 Å². The molecule has 26 heavy (non-hydrogen) atoms. The number of piperidine rings is 1. The van der Waals surface area contributed by atoms with Gasteiger partial charge in [0.05, 0.1) is 6.54 Å². The molecule has 144 valence electrons. The first-order chi connectivity index (χ1) is 12.5. The van der Waals surface area contributed by atoms with Crippen molar-refractivity contribution in [3.05, 3.63) is 6.33 Å². The average Bonchev–Trinajstić information content (AvgIpc) is 3.24. The summed E-state index contributed by atoms with van der Waals surface area (Å²) in [4.78, 5) is 28.4. The summed E-state index contributed by atoms with van der Waals surface area (Å²) >= 11 is 0. The summed E-state index contributed by atoms with van der Waals surface area (Å²) in [5.41, 5.74) is -0.414. The Bertz CT molecular complexity index is 612. The molecule has 9 nitrogen and oxygen atoms in total. The third kappa shape index (κ3) is 4.13. The van der Waals surface area contributed by atoms with Crippen LogP contribution in [0.1, 0.15) is 52.4 Å². The Kier molecular flexibility index (Phi) is 5.73. The second-order valence-corrected chi connectivity index (χ2v) is 7.37. The van der Waals surface area contributed by atoms with E-state index >= 15 is 0 Å². The molecule has 3 heterocycles. The van der Waals surface area contributed by atoms with Gasteiger partial charge in [-0.15, -0.1) is 5.10 Å². The summed E-state index contributed by atoms with van der Waals surface area (Å²) < 4.78 is 7.38. The molecule has 1 aromatic heterocycles. The molecule has 9 heteroatoms. The van der Waals surface area contributed by atoms with Gasteiger partial charge in [-0.3, -0.25) is 4.79 Å². The molecule has 0 N–H and O–H groups in total. The molecule has 3 rings (SSSR count). The summed E-state index contributed by atoms with van der Waals surface area (Å²) in [6, 6.07) is 0.206. The number of hydrogen-bond acceptors (Lipinski definition) is 6. The van der Waals surface area contributed by atoms with Crippen molar-refractivity contribution in [2.45, 2.75) is 70.6 Å². The molecule has 2 fully saturated rings. The van der Waals surface area contributed by atoms with Crippen molar-refractivity contribution in [1.82, 2.24) is 30.0 Å². The number of aryl methyl sites for hydroxylation is 1. The van der Waals surface area contributed by atoms with E-state index in [1.165, 1.54) is 0 Å². The van der Waals surface area contributed by atoms with Crippen molar-refractivity contribution in [2.75, 3.05) is 19.6 Å². The predicted octanol–water partition coefficient (Wildman–Crippen LogP) is 1.46. The lowest BCUT2D eigenvalue weighted by Crippen LogP contribution is -2.49. The summed E-state index contributed by atoms with van der Waals surface area (Å²) in [6.07, 6.45) is 6.00. The van der Waals surface area contributed by atoms with Crippen LogP contribution in [0.3, 0.4) is 0 Å². The molecular formula is C17H28N6O3. The van der Waals surface area contributed by atoms with E-state index in [2.05, 4.69) is 29.4 Å². The van der Waals surface area contributed by atoms with Gasteiger partial charge < -0.3 is 14.5 Å². The van der Waals surface area contributed by atoms with E-state index in [0.717, 1.165) is 12.8 Å². The quantitative estimate of drug-likeness (QED) is 0.727. The third-order valence-electron chi connectivity index (χ3n) is 5.43. The van der Waals surface area contributed by atoms with Crippen molar-refractivity contribution in [3.8, 4) is 0 Å².